The molecule has 3 aliphatic rings. The van der Waals surface area contributed by atoms with Gasteiger partial charge in [0.15, 0.2) is 0 Å². The Bertz CT molecular complexity index is 629. The van der Waals surface area contributed by atoms with Crippen molar-refractivity contribution in [3.05, 3.63) is 0 Å². The molecular formula is C35H66O2. The summed E-state index contributed by atoms with van der Waals surface area (Å²) in [6.45, 7) is 14.2. The van der Waals surface area contributed by atoms with Crippen molar-refractivity contribution in [2.24, 2.45) is 46.3 Å². The Hall–Kier alpha value is -0.0800. The van der Waals surface area contributed by atoms with Crippen LogP contribution in [0.5, 0.6) is 0 Å². The maximum absolute atomic E-state index is 11.3. The van der Waals surface area contributed by atoms with E-state index in [2.05, 4.69) is 41.5 Å². The standard InChI is InChI=1S/C35H66O2/c1-26-18-21-32(37)34(4,5)22-15-23-35(6,25-26)31-20-19-30(33(31)28(3)36)27(2)24-29-16-13-11-9-7-8-10-12-14-17-29/h26-33,36-37H,7-25H2,1-6H3/t26-,27?,28+,30?,31?,32-,33?,35+/m0/s1. The molecule has 2 heteroatoms. The highest BCUT2D eigenvalue weighted by molar-refractivity contribution is 4.99. The normalized spacial score (nSPS) is 39.4. The summed E-state index contributed by atoms with van der Waals surface area (Å²) in [7, 11) is 0. The number of rotatable bonds is 5. The van der Waals surface area contributed by atoms with Crippen molar-refractivity contribution in [1.82, 2.24) is 0 Å². The molecule has 3 rings (SSSR count). The molecule has 0 amide bonds. The first-order valence-corrected chi connectivity index (χ1v) is 16.9. The molecule has 37 heavy (non-hydrogen) atoms. The van der Waals surface area contributed by atoms with Gasteiger partial charge in [0.2, 0.25) is 0 Å². The van der Waals surface area contributed by atoms with E-state index in [4.69, 9.17) is 0 Å². The first-order chi connectivity index (χ1) is 17.5. The molecule has 218 valence electrons. The summed E-state index contributed by atoms with van der Waals surface area (Å²) in [5.74, 6) is 4.06. The van der Waals surface area contributed by atoms with Gasteiger partial charge in [0.25, 0.3) is 0 Å². The number of aliphatic hydroxyl groups excluding tert-OH is 2. The van der Waals surface area contributed by atoms with Gasteiger partial charge < -0.3 is 10.2 Å². The van der Waals surface area contributed by atoms with Crippen molar-refractivity contribution in [2.45, 2.75) is 176 Å². The monoisotopic (exact) mass is 519 g/mol. The van der Waals surface area contributed by atoms with Gasteiger partial charge >= 0.3 is 0 Å². The third-order valence-electron chi connectivity index (χ3n) is 11.9. The van der Waals surface area contributed by atoms with Gasteiger partial charge in [-0.1, -0.05) is 105 Å². The summed E-state index contributed by atoms with van der Waals surface area (Å²) in [5, 5.41) is 22.1. The maximum atomic E-state index is 11.3. The van der Waals surface area contributed by atoms with E-state index < -0.39 is 0 Å². The van der Waals surface area contributed by atoms with E-state index in [1.807, 2.05) is 0 Å². The Kier molecular flexibility index (Phi) is 12.3. The van der Waals surface area contributed by atoms with E-state index in [9.17, 15) is 10.2 Å². The fourth-order valence-corrected chi connectivity index (χ4v) is 9.52. The van der Waals surface area contributed by atoms with E-state index in [1.54, 1.807) is 0 Å². The summed E-state index contributed by atoms with van der Waals surface area (Å²) in [6, 6.07) is 0. The van der Waals surface area contributed by atoms with E-state index in [1.165, 1.54) is 103 Å². The lowest BCUT2D eigenvalue weighted by molar-refractivity contribution is -0.0167. The van der Waals surface area contributed by atoms with Crippen molar-refractivity contribution < 1.29 is 10.2 Å². The Morgan fingerprint density at radius 3 is 1.92 bits per heavy atom. The minimum absolute atomic E-state index is 0.0167. The SMILES string of the molecule is CC(CC1CCCCCCCCCC1)C1CCC([C@]2(C)CCCC(C)(C)[C@@H](O)CC[C@H](C)C2)C1[C@@H](C)O. The zero-order valence-corrected chi connectivity index (χ0v) is 25.9. The van der Waals surface area contributed by atoms with Gasteiger partial charge in [-0.15, -0.1) is 0 Å². The molecule has 3 aliphatic carbocycles. The summed E-state index contributed by atoms with van der Waals surface area (Å²) >= 11 is 0. The molecular weight excluding hydrogens is 452 g/mol. The van der Waals surface area contributed by atoms with Crippen LogP contribution >= 0.6 is 0 Å². The van der Waals surface area contributed by atoms with Crippen LogP contribution in [0.1, 0.15) is 164 Å². The average molecular weight is 519 g/mol. The first-order valence-electron chi connectivity index (χ1n) is 16.9. The van der Waals surface area contributed by atoms with Crippen LogP contribution < -0.4 is 0 Å². The summed E-state index contributed by atoms with van der Waals surface area (Å²) in [5.41, 5.74) is 0.325. The lowest BCUT2D eigenvalue weighted by atomic mass is 9.61. The predicted octanol–water partition coefficient (Wildman–Crippen LogP) is 9.95. The number of hydrogen-bond acceptors (Lipinski definition) is 2. The van der Waals surface area contributed by atoms with Crippen molar-refractivity contribution >= 4 is 0 Å². The second kappa shape index (κ2) is 14.5. The highest BCUT2D eigenvalue weighted by Gasteiger charge is 2.49. The zero-order chi connectivity index (χ0) is 27.1. The third-order valence-corrected chi connectivity index (χ3v) is 11.9. The third kappa shape index (κ3) is 8.96. The molecule has 0 aromatic carbocycles. The molecule has 0 aromatic rings. The van der Waals surface area contributed by atoms with Crippen LogP contribution in [-0.4, -0.2) is 22.4 Å². The van der Waals surface area contributed by atoms with Crippen LogP contribution in [0, 0.1) is 46.3 Å². The smallest absolute Gasteiger partial charge is 0.0591 e. The Morgan fingerprint density at radius 1 is 0.730 bits per heavy atom. The fraction of sp³-hybridized carbons (Fsp3) is 1.00. The summed E-state index contributed by atoms with van der Waals surface area (Å²) in [6.07, 6.45) is 25.0. The van der Waals surface area contributed by atoms with Crippen LogP contribution in [0.4, 0.5) is 0 Å². The first kappa shape index (κ1) is 31.4. The van der Waals surface area contributed by atoms with Crippen molar-refractivity contribution in [1.29, 1.82) is 0 Å². The van der Waals surface area contributed by atoms with E-state index in [0.717, 1.165) is 31.1 Å². The molecule has 3 fully saturated rings. The van der Waals surface area contributed by atoms with E-state index in [0.29, 0.717) is 29.1 Å². The van der Waals surface area contributed by atoms with Crippen molar-refractivity contribution in [3.63, 3.8) is 0 Å². The highest BCUT2D eigenvalue weighted by Crippen LogP contribution is 2.56. The molecule has 0 aliphatic heterocycles. The second-order valence-electron chi connectivity index (χ2n) is 15.5. The van der Waals surface area contributed by atoms with Gasteiger partial charge in [0.05, 0.1) is 12.2 Å². The molecule has 2 nitrogen and oxygen atoms in total. The molecule has 0 radical (unpaired) electrons. The van der Waals surface area contributed by atoms with Gasteiger partial charge in [-0.05, 0) is 105 Å². The highest BCUT2D eigenvalue weighted by atomic mass is 16.3. The van der Waals surface area contributed by atoms with Gasteiger partial charge in [-0.3, -0.25) is 0 Å². The molecule has 0 heterocycles. The van der Waals surface area contributed by atoms with Crippen LogP contribution in [0.2, 0.25) is 0 Å². The van der Waals surface area contributed by atoms with Gasteiger partial charge in [0, 0.05) is 0 Å². The Labute approximate surface area is 232 Å². The Morgan fingerprint density at radius 2 is 1.32 bits per heavy atom. The molecule has 2 N–H and O–H groups in total. The van der Waals surface area contributed by atoms with Crippen LogP contribution in [0.25, 0.3) is 0 Å². The maximum Gasteiger partial charge on any atom is 0.0591 e. The Balaban J connectivity index is 1.70. The van der Waals surface area contributed by atoms with Gasteiger partial charge in [-0.25, -0.2) is 0 Å². The van der Waals surface area contributed by atoms with Crippen LogP contribution in [0.3, 0.4) is 0 Å². The number of aliphatic hydroxyl groups is 2. The fourth-order valence-electron chi connectivity index (χ4n) is 9.52. The molecule has 0 spiro atoms. The van der Waals surface area contributed by atoms with Crippen molar-refractivity contribution in [2.75, 3.05) is 0 Å². The average Bonchev–Trinajstić information content (AvgIpc) is 3.27. The summed E-state index contributed by atoms with van der Waals surface area (Å²) in [4.78, 5) is 0. The topological polar surface area (TPSA) is 40.5 Å². The molecule has 4 unspecified atom stereocenters. The van der Waals surface area contributed by atoms with Gasteiger partial charge in [-0.2, -0.15) is 0 Å². The summed E-state index contributed by atoms with van der Waals surface area (Å²) < 4.78 is 0. The largest absolute Gasteiger partial charge is 0.393 e. The lowest BCUT2D eigenvalue weighted by Gasteiger charge is -2.45. The molecule has 0 bridgehead atoms. The van der Waals surface area contributed by atoms with E-state index >= 15 is 0 Å². The van der Waals surface area contributed by atoms with E-state index in [-0.39, 0.29) is 17.6 Å². The lowest BCUT2D eigenvalue weighted by Crippen LogP contribution is -2.40. The number of hydrogen-bond donors (Lipinski definition) is 2. The van der Waals surface area contributed by atoms with Gasteiger partial charge in [0.1, 0.15) is 0 Å². The molecule has 3 saturated carbocycles. The molecule has 0 aromatic heterocycles. The molecule has 8 atom stereocenters. The predicted molar refractivity (Wildman–Crippen MR) is 160 cm³/mol. The second-order valence-corrected chi connectivity index (χ2v) is 15.5. The van der Waals surface area contributed by atoms with Crippen LogP contribution in [0.15, 0.2) is 0 Å². The minimum Gasteiger partial charge on any atom is -0.393 e. The molecule has 0 saturated heterocycles. The quantitative estimate of drug-likeness (QED) is 0.380. The minimum atomic E-state index is -0.201. The van der Waals surface area contributed by atoms with Crippen molar-refractivity contribution in [3.8, 4) is 0 Å². The van der Waals surface area contributed by atoms with Crippen LogP contribution in [-0.2, 0) is 0 Å². The zero-order valence-electron chi connectivity index (χ0n) is 25.9.